The molecule has 0 fully saturated rings. The smallest absolute Gasteiger partial charge is 0.122 e. The molecule has 2 N–H and O–H groups in total. The standard InChI is InChI=1S/C15H27NO6/c16-15(14-22-11-5-8-19,12-20-9-3-1-6-17)13-21-10-4-2-7-18/h6-8H,1-5,9-14,16H2. The van der Waals surface area contributed by atoms with E-state index in [0.717, 1.165) is 18.9 Å². The number of carbonyl (C=O) groups is 3. The van der Waals surface area contributed by atoms with Crippen molar-refractivity contribution in [3.8, 4) is 0 Å². The van der Waals surface area contributed by atoms with Crippen LogP contribution in [0.1, 0.15) is 32.1 Å². The van der Waals surface area contributed by atoms with E-state index in [9.17, 15) is 14.4 Å². The second kappa shape index (κ2) is 14.8. The Morgan fingerprint density at radius 1 is 0.682 bits per heavy atom. The van der Waals surface area contributed by atoms with Crippen LogP contribution < -0.4 is 5.73 Å². The lowest BCUT2D eigenvalue weighted by Crippen LogP contribution is -2.53. The highest BCUT2D eigenvalue weighted by Gasteiger charge is 2.26. The molecule has 0 saturated heterocycles. The number of rotatable bonds is 17. The molecule has 128 valence electrons. The van der Waals surface area contributed by atoms with E-state index in [4.69, 9.17) is 19.9 Å². The molecule has 0 aromatic rings. The summed E-state index contributed by atoms with van der Waals surface area (Å²) in [5.74, 6) is 0. The predicted molar refractivity (Wildman–Crippen MR) is 80.7 cm³/mol. The van der Waals surface area contributed by atoms with Gasteiger partial charge in [0.05, 0.1) is 32.0 Å². The fourth-order valence-corrected chi connectivity index (χ4v) is 1.62. The van der Waals surface area contributed by atoms with Crippen molar-refractivity contribution in [2.24, 2.45) is 5.73 Å². The van der Waals surface area contributed by atoms with Crippen LogP contribution in [0.5, 0.6) is 0 Å². The Hall–Kier alpha value is -1.15. The van der Waals surface area contributed by atoms with Crippen LogP contribution in [0.15, 0.2) is 0 Å². The minimum absolute atomic E-state index is 0.211. The van der Waals surface area contributed by atoms with Gasteiger partial charge in [0.1, 0.15) is 18.9 Å². The van der Waals surface area contributed by atoms with Crippen molar-refractivity contribution >= 4 is 18.9 Å². The number of hydrogen-bond donors (Lipinski definition) is 1. The zero-order valence-corrected chi connectivity index (χ0v) is 13.0. The molecule has 0 aliphatic rings. The lowest BCUT2D eigenvalue weighted by molar-refractivity contribution is -0.110. The molecule has 0 spiro atoms. The molecular weight excluding hydrogens is 290 g/mol. The van der Waals surface area contributed by atoms with E-state index in [1.54, 1.807) is 0 Å². The molecule has 0 amide bonds. The molecule has 0 aliphatic heterocycles. The maximum Gasteiger partial charge on any atom is 0.122 e. The van der Waals surface area contributed by atoms with Crippen LogP contribution in [0.4, 0.5) is 0 Å². The minimum Gasteiger partial charge on any atom is -0.379 e. The number of unbranched alkanes of at least 4 members (excludes halogenated alkanes) is 2. The molecule has 7 nitrogen and oxygen atoms in total. The van der Waals surface area contributed by atoms with Crippen LogP contribution in [0.25, 0.3) is 0 Å². The van der Waals surface area contributed by atoms with Gasteiger partial charge in [-0.05, 0) is 12.8 Å². The summed E-state index contributed by atoms with van der Waals surface area (Å²) < 4.78 is 16.3. The maximum atomic E-state index is 10.3. The molecule has 0 radical (unpaired) electrons. The Morgan fingerprint density at radius 2 is 1.09 bits per heavy atom. The highest BCUT2D eigenvalue weighted by Crippen LogP contribution is 2.06. The van der Waals surface area contributed by atoms with Crippen molar-refractivity contribution in [1.29, 1.82) is 0 Å². The highest BCUT2D eigenvalue weighted by molar-refractivity contribution is 5.49. The summed E-state index contributed by atoms with van der Waals surface area (Å²) in [4.78, 5) is 30.7. The van der Waals surface area contributed by atoms with Gasteiger partial charge in [0.15, 0.2) is 0 Å². The lowest BCUT2D eigenvalue weighted by Gasteiger charge is -2.28. The molecule has 0 aromatic heterocycles. The molecule has 0 saturated carbocycles. The SMILES string of the molecule is NC(COCCC=O)(COCCCC=O)COCCCC=O. The summed E-state index contributed by atoms with van der Waals surface area (Å²) in [6.45, 7) is 1.87. The molecule has 0 heterocycles. The summed E-state index contributed by atoms with van der Waals surface area (Å²) in [7, 11) is 0. The van der Waals surface area contributed by atoms with Crippen LogP contribution in [-0.4, -0.2) is 64.0 Å². The Bertz CT molecular complexity index is 280. The zero-order chi connectivity index (χ0) is 16.5. The van der Waals surface area contributed by atoms with Crippen LogP contribution in [0, 0.1) is 0 Å². The first-order chi connectivity index (χ1) is 10.7. The van der Waals surface area contributed by atoms with Gasteiger partial charge in [-0.15, -0.1) is 0 Å². The first-order valence-electron chi connectivity index (χ1n) is 7.51. The monoisotopic (exact) mass is 317 g/mol. The van der Waals surface area contributed by atoms with Gasteiger partial charge in [0.2, 0.25) is 0 Å². The van der Waals surface area contributed by atoms with Crippen molar-refractivity contribution in [3.05, 3.63) is 0 Å². The van der Waals surface area contributed by atoms with Gasteiger partial charge in [-0.2, -0.15) is 0 Å². The summed E-state index contributed by atoms with van der Waals surface area (Å²) in [5, 5.41) is 0. The highest BCUT2D eigenvalue weighted by atomic mass is 16.5. The number of aldehydes is 3. The first kappa shape index (κ1) is 20.9. The van der Waals surface area contributed by atoms with E-state index < -0.39 is 5.54 Å². The van der Waals surface area contributed by atoms with E-state index in [2.05, 4.69) is 0 Å². The average molecular weight is 317 g/mol. The van der Waals surface area contributed by atoms with E-state index >= 15 is 0 Å². The molecule has 0 unspecified atom stereocenters. The third-order valence-corrected chi connectivity index (χ3v) is 2.77. The van der Waals surface area contributed by atoms with E-state index in [0.29, 0.717) is 51.9 Å². The fraction of sp³-hybridized carbons (Fsp3) is 0.800. The normalized spacial score (nSPS) is 11.3. The minimum atomic E-state index is -0.814. The fourth-order valence-electron chi connectivity index (χ4n) is 1.62. The van der Waals surface area contributed by atoms with Crippen LogP contribution in [-0.2, 0) is 28.6 Å². The van der Waals surface area contributed by atoms with E-state index in [1.165, 1.54) is 0 Å². The van der Waals surface area contributed by atoms with Gasteiger partial charge in [-0.1, -0.05) is 0 Å². The topological polar surface area (TPSA) is 105 Å². The summed E-state index contributed by atoms with van der Waals surface area (Å²) in [6.07, 6.45) is 4.98. The van der Waals surface area contributed by atoms with Gasteiger partial charge < -0.3 is 34.3 Å². The van der Waals surface area contributed by atoms with Crippen LogP contribution >= 0.6 is 0 Å². The van der Waals surface area contributed by atoms with Crippen molar-refractivity contribution in [3.63, 3.8) is 0 Å². The quantitative estimate of drug-likeness (QED) is 0.303. The molecule has 0 atom stereocenters. The number of carbonyl (C=O) groups excluding carboxylic acids is 3. The maximum absolute atomic E-state index is 10.3. The number of ether oxygens (including phenoxy) is 3. The van der Waals surface area contributed by atoms with Gasteiger partial charge in [-0.25, -0.2) is 0 Å². The third kappa shape index (κ3) is 12.6. The molecule has 22 heavy (non-hydrogen) atoms. The first-order valence-corrected chi connectivity index (χ1v) is 7.51. The van der Waals surface area contributed by atoms with Crippen molar-refractivity contribution < 1.29 is 28.6 Å². The Labute approximate surface area is 131 Å². The van der Waals surface area contributed by atoms with E-state index in [1.807, 2.05) is 0 Å². The van der Waals surface area contributed by atoms with E-state index in [-0.39, 0.29) is 19.8 Å². The number of hydrogen-bond acceptors (Lipinski definition) is 7. The van der Waals surface area contributed by atoms with Crippen molar-refractivity contribution in [1.82, 2.24) is 0 Å². The van der Waals surface area contributed by atoms with Gasteiger partial charge in [0.25, 0.3) is 0 Å². The van der Waals surface area contributed by atoms with Crippen LogP contribution in [0.2, 0.25) is 0 Å². The second-order valence-corrected chi connectivity index (χ2v) is 5.09. The van der Waals surface area contributed by atoms with Crippen molar-refractivity contribution in [2.75, 3.05) is 39.6 Å². The summed E-state index contributed by atoms with van der Waals surface area (Å²) >= 11 is 0. The Kier molecular flexibility index (Phi) is 14.0. The lowest BCUT2D eigenvalue weighted by atomic mass is 10.1. The Morgan fingerprint density at radius 3 is 1.50 bits per heavy atom. The second-order valence-electron chi connectivity index (χ2n) is 5.09. The van der Waals surface area contributed by atoms with Crippen LogP contribution in [0.3, 0.4) is 0 Å². The predicted octanol–water partition coefficient (Wildman–Crippen LogP) is 0.281. The molecule has 0 rings (SSSR count). The molecular formula is C15H27NO6. The van der Waals surface area contributed by atoms with Crippen molar-refractivity contribution in [2.45, 2.75) is 37.6 Å². The third-order valence-electron chi connectivity index (χ3n) is 2.77. The number of nitrogens with two attached hydrogens (primary N) is 1. The molecule has 0 aromatic carbocycles. The van der Waals surface area contributed by atoms with Gasteiger partial charge in [-0.3, -0.25) is 0 Å². The van der Waals surface area contributed by atoms with Gasteiger partial charge in [0, 0.05) is 32.5 Å². The average Bonchev–Trinajstić information content (AvgIpc) is 2.51. The molecule has 7 heteroatoms. The Balaban J connectivity index is 4.06. The zero-order valence-electron chi connectivity index (χ0n) is 13.0. The molecule has 0 bridgehead atoms. The van der Waals surface area contributed by atoms with Gasteiger partial charge >= 0.3 is 0 Å². The summed E-state index contributed by atoms with van der Waals surface area (Å²) in [5.41, 5.74) is 5.39. The molecule has 0 aliphatic carbocycles. The summed E-state index contributed by atoms with van der Waals surface area (Å²) in [6, 6.07) is 0. The largest absolute Gasteiger partial charge is 0.379 e.